The van der Waals surface area contributed by atoms with Crippen molar-refractivity contribution in [2.75, 3.05) is 7.11 Å². The van der Waals surface area contributed by atoms with Crippen LogP contribution in [0.1, 0.15) is 54.0 Å². The topological polar surface area (TPSA) is 57.0 Å². The number of ether oxygens (including phenoxy) is 1. The summed E-state index contributed by atoms with van der Waals surface area (Å²) in [6.45, 7) is 6.76. The van der Waals surface area contributed by atoms with Crippen LogP contribution in [0.15, 0.2) is 24.3 Å². The van der Waals surface area contributed by atoms with E-state index in [0.717, 1.165) is 17.7 Å². The minimum Gasteiger partial charge on any atom is -0.464 e. The van der Waals surface area contributed by atoms with E-state index in [4.69, 9.17) is 4.74 Å². The van der Waals surface area contributed by atoms with E-state index >= 15 is 0 Å². The van der Waals surface area contributed by atoms with Crippen molar-refractivity contribution in [2.24, 2.45) is 0 Å². The number of hydrogen-bond acceptors (Lipinski definition) is 4. The van der Waals surface area contributed by atoms with E-state index in [1.165, 1.54) is 12.7 Å². The lowest BCUT2D eigenvalue weighted by atomic mass is 10.1. The molecule has 0 N–H and O–H groups in total. The van der Waals surface area contributed by atoms with Crippen LogP contribution in [0.25, 0.3) is 0 Å². The Kier molecular flexibility index (Phi) is 4.73. The Morgan fingerprint density at radius 1 is 1.24 bits per heavy atom. The second-order valence-electron chi connectivity index (χ2n) is 5.30. The third kappa shape index (κ3) is 3.29. The van der Waals surface area contributed by atoms with Gasteiger partial charge in [-0.3, -0.25) is 0 Å². The molecule has 112 valence electrons. The van der Waals surface area contributed by atoms with E-state index in [-0.39, 0.29) is 5.92 Å². The molecule has 0 unspecified atom stereocenters. The van der Waals surface area contributed by atoms with E-state index in [9.17, 15) is 4.79 Å². The number of aryl methyl sites for hydroxylation is 1. The summed E-state index contributed by atoms with van der Waals surface area (Å²) in [5, 5.41) is 8.09. The minimum atomic E-state index is -0.439. The SMILES string of the molecule is CCc1ccc(Cn2nnc(C(=O)OC)c2C(C)C)cc1. The van der Waals surface area contributed by atoms with Crippen LogP contribution < -0.4 is 0 Å². The van der Waals surface area contributed by atoms with Crippen LogP contribution in [0.2, 0.25) is 0 Å². The second kappa shape index (κ2) is 6.52. The van der Waals surface area contributed by atoms with Crippen LogP contribution in [-0.2, 0) is 17.7 Å². The number of nitrogens with zero attached hydrogens (tertiary/aromatic N) is 3. The van der Waals surface area contributed by atoms with Crippen LogP contribution in [0.5, 0.6) is 0 Å². The molecule has 1 heterocycles. The molecule has 5 nitrogen and oxygen atoms in total. The average molecular weight is 287 g/mol. The van der Waals surface area contributed by atoms with E-state index in [1.54, 1.807) is 4.68 Å². The maximum Gasteiger partial charge on any atom is 0.360 e. The van der Waals surface area contributed by atoms with Crippen molar-refractivity contribution in [3.05, 3.63) is 46.8 Å². The number of carbonyl (C=O) groups is 1. The molecule has 2 aromatic rings. The molecule has 5 heteroatoms. The molecule has 0 atom stereocenters. The van der Waals surface area contributed by atoms with Crippen molar-refractivity contribution in [3.8, 4) is 0 Å². The van der Waals surface area contributed by atoms with Gasteiger partial charge in [0.05, 0.1) is 19.3 Å². The Balaban J connectivity index is 2.30. The Morgan fingerprint density at radius 3 is 2.38 bits per heavy atom. The zero-order chi connectivity index (χ0) is 15.4. The summed E-state index contributed by atoms with van der Waals surface area (Å²) < 4.78 is 6.54. The Labute approximate surface area is 124 Å². The molecule has 0 bridgehead atoms. The smallest absolute Gasteiger partial charge is 0.360 e. The first-order valence-corrected chi connectivity index (χ1v) is 7.16. The molecule has 0 amide bonds. The Hall–Kier alpha value is -2.17. The van der Waals surface area contributed by atoms with Gasteiger partial charge in [-0.05, 0) is 23.5 Å². The van der Waals surface area contributed by atoms with Gasteiger partial charge in [0.25, 0.3) is 0 Å². The molecule has 2 rings (SSSR count). The van der Waals surface area contributed by atoms with Crippen molar-refractivity contribution in [2.45, 2.75) is 39.7 Å². The highest BCUT2D eigenvalue weighted by molar-refractivity contribution is 5.88. The lowest BCUT2D eigenvalue weighted by molar-refractivity contribution is 0.0592. The summed E-state index contributed by atoms with van der Waals surface area (Å²) >= 11 is 0. The molecule has 0 fully saturated rings. The summed E-state index contributed by atoms with van der Waals surface area (Å²) in [7, 11) is 1.36. The maximum absolute atomic E-state index is 11.7. The molecule has 0 aliphatic rings. The molecular weight excluding hydrogens is 266 g/mol. The quantitative estimate of drug-likeness (QED) is 0.793. The van der Waals surface area contributed by atoms with Crippen molar-refractivity contribution < 1.29 is 9.53 Å². The van der Waals surface area contributed by atoms with Gasteiger partial charge in [-0.15, -0.1) is 5.10 Å². The molecule has 0 spiro atoms. The fraction of sp³-hybridized carbons (Fsp3) is 0.438. The summed E-state index contributed by atoms with van der Waals surface area (Å²) in [5.41, 5.74) is 3.55. The summed E-state index contributed by atoms with van der Waals surface area (Å²) in [6.07, 6.45) is 1.02. The fourth-order valence-corrected chi connectivity index (χ4v) is 2.30. The summed E-state index contributed by atoms with van der Waals surface area (Å²) in [5.74, 6) is -0.296. The number of aromatic nitrogens is 3. The highest BCUT2D eigenvalue weighted by Gasteiger charge is 2.22. The van der Waals surface area contributed by atoms with Crippen LogP contribution in [-0.4, -0.2) is 28.1 Å². The van der Waals surface area contributed by atoms with Crippen molar-refractivity contribution in [1.29, 1.82) is 0 Å². The molecule has 0 saturated carbocycles. The van der Waals surface area contributed by atoms with Crippen LogP contribution in [0, 0.1) is 0 Å². The van der Waals surface area contributed by atoms with Gasteiger partial charge in [-0.25, -0.2) is 9.48 Å². The molecule has 1 aromatic carbocycles. The van der Waals surface area contributed by atoms with Crippen LogP contribution >= 0.6 is 0 Å². The van der Waals surface area contributed by atoms with Crippen LogP contribution in [0.4, 0.5) is 0 Å². The molecule has 21 heavy (non-hydrogen) atoms. The molecule has 1 aromatic heterocycles. The Bertz CT molecular complexity index is 615. The molecule has 0 saturated heterocycles. The molecule has 0 radical (unpaired) electrons. The molecule has 0 aliphatic carbocycles. The van der Waals surface area contributed by atoms with E-state index in [1.807, 2.05) is 13.8 Å². The third-order valence-electron chi connectivity index (χ3n) is 3.46. The first kappa shape index (κ1) is 15.2. The van der Waals surface area contributed by atoms with Gasteiger partial charge >= 0.3 is 5.97 Å². The molecule has 0 aliphatic heterocycles. The van der Waals surface area contributed by atoms with Crippen LogP contribution in [0.3, 0.4) is 0 Å². The number of methoxy groups -OCH3 is 1. The minimum absolute atomic E-state index is 0.143. The second-order valence-corrected chi connectivity index (χ2v) is 5.30. The number of benzene rings is 1. The van der Waals surface area contributed by atoms with E-state index < -0.39 is 5.97 Å². The largest absolute Gasteiger partial charge is 0.464 e. The standard InChI is InChI=1S/C16H21N3O2/c1-5-12-6-8-13(9-7-12)10-19-15(11(2)3)14(17-18-19)16(20)21-4/h6-9,11H,5,10H2,1-4H3. The lowest BCUT2D eigenvalue weighted by Crippen LogP contribution is -2.12. The zero-order valence-electron chi connectivity index (χ0n) is 13.0. The van der Waals surface area contributed by atoms with Gasteiger partial charge in [-0.1, -0.05) is 50.3 Å². The highest BCUT2D eigenvalue weighted by atomic mass is 16.5. The summed E-state index contributed by atoms with van der Waals surface area (Å²) in [4.78, 5) is 11.7. The van der Waals surface area contributed by atoms with Gasteiger partial charge in [-0.2, -0.15) is 0 Å². The number of esters is 1. The van der Waals surface area contributed by atoms with E-state index in [0.29, 0.717) is 12.2 Å². The zero-order valence-corrected chi connectivity index (χ0v) is 13.0. The normalized spacial score (nSPS) is 10.9. The number of hydrogen-bond donors (Lipinski definition) is 0. The average Bonchev–Trinajstić information content (AvgIpc) is 2.91. The Morgan fingerprint density at radius 2 is 1.86 bits per heavy atom. The monoisotopic (exact) mass is 287 g/mol. The van der Waals surface area contributed by atoms with E-state index in [2.05, 4.69) is 41.5 Å². The lowest BCUT2D eigenvalue weighted by Gasteiger charge is -2.10. The summed E-state index contributed by atoms with van der Waals surface area (Å²) in [6, 6.07) is 8.40. The highest BCUT2D eigenvalue weighted by Crippen LogP contribution is 2.19. The van der Waals surface area contributed by atoms with Gasteiger partial charge < -0.3 is 4.74 Å². The first-order valence-electron chi connectivity index (χ1n) is 7.16. The fourth-order valence-electron chi connectivity index (χ4n) is 2.30. The van der Waals surface area contributed by atoms with Gasteiger partial charge in [0, 0.05) is 0 Å². The van der Waals surface area contributed by atoms with Crippen molar-refractivity contribution >= 4 is 5.97 Å². The van der Waals surface area contributed by atoms with Gasteiger partial charge in [0.15, 0.2) is 5.69 Å². The van der Waals surface area contributed by atoms with Crippen molar-refractivity contribution in [1.82, 2.24) is 15.0 Å². The van der Waals surface area contributed by atoms with Crippen molar-refractivity contribution in [3.63, 3.8) is 0 Å². The predicted octanol–water partition coefficient (Wildman–Crippen LogP) is 2.80. The number of rotatable bonds is 5. The molecular formula is C16H21N3O2. The maximum atomic E-state index is 11.7. The third-order valence-corrected chi connectivity index (χ3v) is 3.46. The predicted molar refractivity (Wildman–Crippen MR) is 80.4 cm³/mol. The number of carbonyl (C=O) groups excluding carboxylic acids is 1. The first-order chi connectivity index (χ1) is 10.1. The van der Waals surface area contributed by atoms with Gasteiger partial charge in [0.2, 0.25) is 0 Å². The van der Waals surface area contributed by atoms with Gasteiger partial charge in [0.1, 0.15) is 0 Å².